The zero-order valence-corrected chi connectivity index (χ0v) is 12.9. The Bertz CT molecular complexity index is 779. The highest BCUT2D eigenvalue weighted by molar-refractivity contribution is 6.07. The van der Waals surface area contributed by atoms with Crippen LogP contribution in [0.3, 0.4) is 0 Å². The number of aromatic amines is 1. The van der Waals surface area contributed by atoms with E-state index in [0.29, 0.717) is 0 Å². The fraction of sp³-hybridized carbons (Fsp3) is 0.375. The maximum absolute atomic E-state index is 13.4. The maximum Gasteiger partial charge on any atom is 0.153 e. The van der Waals surface area contributed by atoms with E-state index < -0.39 is 0 Å². The van der Waals surface area contributed by atoms with E-state index in [1.165, 1.54) is 18.5 Å². The van der Waals surface area contributed by atoms with Gasteiger partial charge < -0.3 is 15.2 Å². The summed E-state index contributed by atoms with van der Waals surface area (Å²) < 4.78 is 13.4. The van der Waals surface area contributed by atoms with E-state index in [4.69, 9.17) is 0 Å². The molecule has 0 unspecified atom stereocenters. The Morgan fingerprint density at radius 3 is 2.82 bits per heavy atom. The summed E-state index contributed by atoms with van der Waals surface area (Å²) in [6.07, 6.45) is 1.51. The van der Waals surface area contributed by atoms with Crippen LogP contribution in [0.15, 0.2) is 24.5 Å². The largest absolute Gasteiger partial charge is 0.367 e. The topological polar surface area (TPSA) is 56.8 Å². The molecular formula is C16H20FN5. The van der Waals surface area contributed by atoms with Gasteiger partial charge in [0.1, 0.15) is 23.2 Å². The van der Waals surface area contributed by atoms with Gasteiger partial charge in [0.25, 0.3) is 0 Å². The summed E-state index contributed by atoms with van der Waals surface area (Å²) in [5.74, 6) is 0.497. The van der Waals surface area contributed by atoms with Crippen molar-refractivity contribution in [3.8, 4) is 0 Å². The number of likely N-dealkylation sites (N-methyl/N-ethyl adjacent to an activating group) is 1. The first kappa shape index (κ1) is 14.7. The number of halogens is 1. The van der Waals surface area contributed by atoms with Gasteiger partial charge in [-0.05, 0) is 31.3 Å². The summed E-state index contributed by atoms with van der Waals surface area (Å²) in [7, 11) is 0. The molecule has 0 radical (unpaired) electrons. The normalized spacial score (nSPS) is 11.6. The third kappa shape index (κ3) is 2.74. The molecule has 0 spiro atoms. The number of hydrogen-bond donors (Lipinski definition) is 2. The molecule has 0 aliphatic carbocycles. The summed E-state index contributed by atoms with van der Waals surface area (Å²) >= 11 is 0. The van der Waals surface area contributed by atoms with Gasteiger partial charge in [0.05, 0.1) is 0 Å². The van der Waals surface area contributed by atoms with Crippen LogP contribution in [0.5, 0.6) is 0 Å². The number of aromatic nitrogens is 3. The van der Waals surface area contributed by atoms with Gasteiger partial charge in [-0.1, -0.05) is 13.8 Å². The van der Waals surface area contributed by atoms with Crippen molar-refractivity contribution < 1.29 is 4.39 Å². The van der Waals surface area contributed by atoms with Crippen LogP contribution in [0, 0.1) is 5.82 Å². The number of hydrogen-bond acceptors (Lipinski definition) is 4. The lowest BCUT2D eigenvalue weighted by atomic mass is 10.2. The number of nitrogens with zero attached hydrogens (tertiary/aromatic N) is 3. The summed E-state index contributed by atoms with van der Waals surface area (Å²) in [6.45, 7) is 8.12. The third-order valence-electron chi connectivity index (χ3n) is 3.96. The van der Waals surface area contributed by atoms with Crippen LogP contribution in [0.4, 0.5) is 10.2 Å². The zero-order valence-electron chi connectivity index (χ0n) is 12.9. The average molecular weight is 301 g/mol. The van der Waals surface area contributed by atoms with E-state index >= 15 is 0 Å². The van der Waals surface area contributed by atoms with Crippen LogP contribution in [0.25, 0.3) is 21.9 Å². The lowest BCUT2D eigenvalue weighted by Crippen LogP contribution is -2.28. The molecule has 1 aromatic carbocycles. The van der Waals surface area contributed by atoms with Crippen LogP contribution >= 0.6 is 0 Å². The second-order valence-corrected chi connectivity index (χ2v) is 5.21. The monoisotopic (exact) mass is 301 g/mol. The van der Waals surface area contributed by atoms with Crippen LogP contribution < -0.4 is 5.32 Å². The number of H-pyrrole nitrogens is 1. The van der Waals surface area contributed by atoms with Crippen molar-refractivity contribution in [2.45, 2.75) is 13.8 Å². The van der Waals surface area contributed by atoms with Gasteiger partial charge >= 0.3 is 0 Å². The second kappa shape index (κ2) is 6.27. The molecule has 0 saturated carbocycles. The Kier molecular flexibility index (Phi) is 4.20. The van der Waals surface area contributed by atoms with Crippen LogP contribution in [-0.2, 0) is 0 Å². The van der Waals surface area contributed by atoms with E-state index in [1.807, 2.05) is 0 Å². The highest BCUT2D eigenvalue weighted by Crippen LogP contribution is 2.27. The summed E-state index contributed by atoms with van der Waals surface area (Å²) in [5, 5.41) is 4.13. The summed E-state index contributed by atoms with van der Waals surface area (Å²) in [4.78, 5) is 14.2. The van der Waals surface area contributed by atoms with Crippen molar-refractivity contribution in [2.24, 2.45) is 0 Å². The Labute approximate surface area is 128 Å². The van der Waals surface area contributed by atoms with Gasteiger partial charge in [-0.15, -0.1) is 0 Å². The predicted molar refractivity (Wildman–Crippen MR) is 87.6 cm³/mol. The van der Waals surface area contributed by atoms with Crippen molar-refractivity contribution in [2.75, 3.05) is 31.5 Å². The minimum Gasteiger partial charge on any atom is -0.367 e. The van der Waals surface area contributed by atoms with Crippen molar-refractivity contribution in [3.05, 3.63) is 30.3 Å². The van der Waals surface area contributed by atoms with E-state index in [9.17, 15) is 4.39 Å². The number of fused-ring (bicyclic) bond motifs is 3. The average Bonchev–Trinajstić information content (AvgIpc) is 2.90. The van der Waals surface area contributed by atoms with Gasteiger partial charge in [-0.25, -0.2) is 14.4 Å². The van der Waals surface area contributed by atoms with Crippen molar-refractivity contribution >= 4 is 27.8 Å². The van der Waals surface area contributed by atoms with E-state index in [0.717, 1.165) is 53.9 Å². The number of rotatable bonds is 6. The van der Waals surface area contributed by atoms with E-state index in [2.05, 4.69) is 39.0 Å². The molecule has 2 aromatic heterocycles. The molecule has 116 valence electrons. The zero-order chi connectivity index (χ0) is 15.5. The van der Waals surface area contributed by atoms with Crippen LogP contribution in [-0.4, -0.2) is 46.0 Å². The maximum atomic E-state index is 13.4. The first-order valence-electron chi connectivity index (χ1n) is 7.61. The molecule has 2 N–H and O–H groups in total. The number of nitrogens with one attached hydrogen (secondary N) is 2. The molecule has 0 bridgehead atoms. The van der Waals surface area contributed by atoms with Gasteiger partial charge in [0, 0.05) is 24.0 Å². The first-order valence-corrected chi connectivity index (χ1v) is 7.61. The number of anilines is 1. The quantitative estimate of drug-likeness (QED) is 0.735. The molecule has 0 aliphatic rings. The minimum absolute atomic E-state index is 0.261. The molecule has 2 heterocycles. The van der Waals surface area contributed by atoms with E-state index in [1.54, 1.807) is 6.07 Å². The predicted octanol–water partition coefficient (Wildman–Crippen LogP) is 3.00. The summed E-state index contributed by atoms with van der Waals surface area (Å²) in [5.41, 5.74) is 2.43. The molecule has 0 fully saturated rings. The van der Waals surface area contributed by atoms with Gasteiger partial charge in [0.15, 0.2) is 5.82 Å². The van der Waals surface area contributed by atoms with Gasteiger partial charge in [0.2, 0.25) is 0 Å². The molecule has 3 rings (SSSR count). The summed E-state index contributed by atoms with van der Waals surface area (Å²) in [6, 6.07) is 4.67. The Balaban J connectivity index is 1.89. The van der Waals surface area contributed by atoms with Gasteiger partial charge in [-0.3, -0.25) is 0 Å². The molecule has 3 aromatic rings. The van der Waals surface area contributed by atoms with Crippen LogP contribution in [0.2, 0.25) is 0 Å². The SMILES string of the molecule is CCN(CC)CCNc1ncnc2c1[nH]c1ccc(F)cc12. The molecule has 5 nitrogen and oxygen atoms in total. The molecule has 6 heteroatoms. The van der Waals surface area contributed by atoms with Crippen molar-refractivity contribution in [1.82, 2.24) is 19.9 Å². The smallest absolute Gasteiger partial charge is 0.153 e. The Hall–Kier alpha value is -2.21. The van der Waals surface area contributed by atoms with E-state index in [-0.39, 0.29) is 5.82 Å². The molecule has 0 aliphatic heterocycles. The molecular weight excluding hydrogens is 281 g/mol. The highest BCUT2D eigenvalue weighted by atomic mass is 19.1. The molecule has 0 amide bonds. The van der Waals surface area contributed by atoms with Crippen LogP contribution in [0.1, 0.15) is 13.8 Å². The van der Waals surface area contributed by atoms with Crippen molar-refractivity contribution in [1.29, 1.82) is 0 Å². The molecule has 0 saturated heterocycles. The third-order valence-corrected chi connectivity index (χ3v) is 3.96. The highest BCUT2D eigenvalue weighted by Gasteiger charge is 2.11. The fourth-order valence-electron chi connectivity index (χ4n) is 2.67. The Morgan fingerprint density at radius 1 is 1.23 bits per heavy atom. The molecule has 0 atom stereocenters. The van der Waals surface area contributed by atoms with Gasteiger partial charge in [-0.2, -0.15) is 0 Å². The van der Waals surface area contributed by atoms with Crippen molar-refractivity contribution in [3.63, 3.8) is 0 Å². The fourth-order valence-corrected chi connectivity index (χ4v) is 2.67. The second-order valence-electron chi connectivity index (χ2n) is 5.21. The standard InChI is InChI=1S/C16H20FN5/c1-3-22(4-2)8-7-18-16-15-14(19-10-20-16)12-9-11(17)5-6-13(12)21-15/h5-6,9-10,21H,3-4,7-8H2,1-2H3,(H,18,19,20). The Morgan fingerprint density at radius 2 is 2.05 bits per heavy atom. The minimum atomic E-state index is -0.261. The lowest BCUT2D eigenvalue weighted by Gasteiger charge is -2.18. The number of benzene rings is 1. The first-order chi connectivity index (χ1) is 10.7. The molecule has 22 heavy (non-hydrogen) atoms. The lowest BCUT2D eigenvalue weighted by molar-refractivity contribution is 0.316.